The first-order chi connectivity index (χ1) is 4.31. The van der Waals surface area contributed by atoms with Crippen LogP contribution < -0.4 is 5.39 Å². The third-order valence-corrected chi connectivity index (χ3v) is 1.79. The van der Waals surface area contributed by atoms with Gasteiger partial charge >= 0.3 is 0 Å². The molecule has 3 nitrogen and oxygen atoms in total. The zero-order valence-electron chi connectivity index (χ0n) is 6.93. The van der Waals surface area contributed by atoms with E-state index in [2.05, 4.69) is 5.39 Å². The maximum absolute atomic E-state index is 9.46. The van der Waals surface area contributed by atoms with Crippen molar-refractivity contribution < 1.29 is 9.94 Å². The molecule has 2 N–H and O–H groups in total. The molecule has 0 aliphatic carbocycles. The van der Waals surface area contributed by atoms with Crippen LogP contribution in [0.15, 0.2) is 0 Å². The maximum Gasteiger partial charge on any atom is 0.219 e. The van der Waals surface area contributed by atoms with Crippen LogP contribution in [0.4, 0.5) is 0 Å². The normalized spacial score (nSPS) is 13.7. The smallest absolute Gasteiger partial charge is 0.219 e. The Morgan fingerprint density at radius 2 is 1.70 bits per heavy atom. The van der Waals surface area contributed by atoms with Crippen molar-refractivity contribution in [3.05, 3.63) is 0 Å². The minimum atomic E-state index is -0.917. The van der Waals surface area contributed by atoms with Crippen LogP contribution in [0, 0.1) is 0 Å². The summed E-state index contributed by atoms with van der Waals surface area (Å²) in [7, 11) is 4.93. The topological polar surface area (TPSA) is 41.5 Å². The van der Waals surface area contributed by atoms with E-state index in [0.29, 0.717) is 0 Å². The van der Waals surface area contributed by atoms with Gasteiger partial charge in [-0.2, -0.15) is 0 Å². The van der Waals surface area contributed by atoms with Gasteiger partial charge in [0.1, 0.15) is 5.60 Å². The molecule has 0 aromatic heterocycles. The van der Waals surface area contributed by atoms with Gasteiger partial charge in [-0.15, -0.1) is 0 Å². The summed E-state index contributed by atoms with van der Waals surface area (Å²) in [6, 6.07) is 0. The molecule has 2 radical (unpaired) electrons. The molecule has 0 aromatic rings. The van der Waals surface area contributed by atoms with Crippen molar-refractivity contribution >= 4 is 7.98 Å². The Morgan fingerprint density at radius 3 is 1.80 bits per heavy atom. The average Bonchev–Trinajstić information content (AvgIpc) is 1.61. The van der Waals surface area contributed by atoms with Gasteiger partial charge in [0.2, 0.25) is 7.98 Å². The van der Waals surface area contributed by atoms with E-state index in [0.717, 1.165) is 0 Å². The zero-order chi connectivity index (χ0) is 8.41. The molecule has 58 valence electrons. The molecule has 0 saturated heterocycles. The predicted octanol–water partition coefficient (Wildman–Crippen LogP) is 0.141. The lowest BCUT2D eigenvalue weighted by molar-refractivity contribution is -0.164. The summed E-state index contributed by atoms with van der Waals surface area (Å²) in [6.45, 7) is 6.80. The molecule has 0 saturated carbocycles. The van der Waals surface area contributed by atoms with Crippen molar-refractivity contribution in [3.63, 3.8) is 0 Å². The van der Waals surface area contributed by atoms with Gasteiger partial charge in [0.25, 0.3) is 0 Å². The number of rotatable bonds is 3. The number of aliphatic hydroxyl groups is 1. The van der Waals surface area contributed by atoms with Crippen molar-refractivity contribution in [1.82, 2.24) is 5.39 Å². The van der Waals surface area contributed by atoms with Crippen LogP contribution in [0.1, 0.15) is 27.7 Å². The molecule has 10 heavy (non-hydrogen) atoms. The third kappa shape index (κ3) is 2.29. The first-order valence-electron chi connectivity index (χ1n) is 3.17. The van der Waals surface area contributed by atoms with Gasteiger partial charge in [-0.1, -0.05) is 0 Å². The molecule has 0 amide bonds. The summed E-state index contributed by atoms with van der Waals surface area (Å²) in [5.74, 6) is 0. The second-order valence-corrected chi connectivity index (χ2v) is 3.29. The van der Waals surface area contributed by atoms with E-state index >= 15 is 0 Å². The summed E-state index contributed by atoms with van der Waals surface area (Å²) in [5.41, 5.74) is -1.61. The maximum atomic E-state index is 9.46. The molecule has 0 aromatic carbocycles. The van der Waals surface area contributed by atoms with Gasteiger partial charge in [0.15, 0.2) is 0 Å². The predicted molar refractivity (Wildman–Crippen MR) is 40.4 cm³/mol. The van der Waals surface area contributed by atoms with Gasteiger partial charge in [-0.25, -0.2) is 0 Å². The summed E-state index contributed by atoms with van der Waals surface area (Å²) in [5, 5.41) is 11.5. The monoisotopic (exact) mass is 143 g/mol. The van der Waals surface area contributed by atoms with Crippen LogP contribution in [0.5, 0.6) is 0 Å². The van der Waals surface area contributed by atoms with Crippen molar-refractivity contribution in [2.45, 2.75) is 38.9 Å². The highest BCUT2D eigenvalue weighted by atomic mass is 16.7. The Balaban J connectivity index is 4.10. The zero-order valence-corrected chi connectivity index (χ0v) is 6.93. The van der Waals surface area contributed by atoms with Crippen LogP contribution in [-0.2, 0) is 4.84 Å². The van der Waals surface area contributed by atoms with E-state index in [4.69, 9.17) is 12.8 Å². The molecule has 0 aliphatic heterocycles. The molecule has 0 rings (SSSR count). The minimum absolute atomic E-state index is 0.693. The molecule has 0 aliphatic rings. The highest BCUT2D eigenvalue weighted by molar-refractivity contribution is 6.03. The van der Waals surface area contributed by atoms with Gasteiger partial charge in [-0.05, 0) is 27.7 Å². The Morgan fingerprint density at radius 1 is 1.30 bits per heavy atom. The van der Waals surface area contributed by atoms with Crippen molar-refractivity contribution in [3.8, 4) is 0 Å². The molecular weight excluding hydrogens is 129 g/mol. The van der Waals surface area contributed by atoms with Crippen molar-refractivity contribution in [1.29, 1.82) is 0 Å². The Hall–Kier alpha value is -0.0551. The van der Waals surface area contributed by atoms with Crippen LogP contribution >= 0.6 is 0 Å². The van der Waals surface area contributed by atoms with Crippen molar-refractivity contribution in [2.24, 2.45) is 0 Å². The van der Waals surface area contributed by atoms with E-state index in [1.54, 1.807) is 27.7 Å². The first-order valence-corrected chi connectivity index (χ1v) is 3.17. The Bertz CT molecular complexity index is 109. The van der Waals surface area contributed by atoms with Gasteiger partial charge in [0, 0.05) is 0 Å². The fourth-order valence-corrected chi connectivity index (χ4v) is 0.272. The Kier molecular flexibility index (Phi) is 2.89. The number of hydrogen-bond acceptors (Lipinski definition) is 3. The summed E-state index contributed by atoms with van der Waals surface area (Å²) >= 11 is 0. The molecular formula is C6H14BNO2. The molecule has 0 fully saturated rings. The average molecular weight is 143 g/mol. The van der Waals surface area contributed by atoms with E-state index < -0.39 is 11.2 Å². The number of nitrogens with one attached hydrogen (secondary N) is 1. The van der Waals surface area contributed by atoms with Gasteiger partial charge in [-0.3, -0.25) is 5.39 Å². The quantitative estimate of drug-likeness (QED) is 0.436. The van der Waals surface area contributed by atoms with E-state index in [9.17, 15) is 5.11 Å². The van der Waals surface area contributed by atoms with E-state index in [1.165, 1.54) is 0 Å². The molecule has 0 heterocycles. The second kappa shape index (κ2) is 2.90. The summed E-state index contributed by atoms with van der Waals surface area (Å²) < 4.78 is 0. The summed E-state index contributed by atoms with van der Waals surface area (Å²) in [4.78, 5) is 4.87. The SMILES string of the molecule is [B]NOC(C)(C)C(C)(C)O. The van der Waals surface area contributed by atoms with E-state index in [-0.39, 0.29) is 0 Å². The Labute approximate surface area is 63.2 Å². The van der Waals surface area contributed by atoms with Gasteiger partial charge in [0.05, 0.1) is 5.60 Å². The summed E-state index contributed by atoms with van der Waals surface area (Å²) in [6.07, 6.45) is 0. The molecule has 0 unspecified atom stereocenters. The fourth-order valence-electron chi connectivity index (χ4n) is 0.272. The standard InChI is InChI=1S/C6H14BNO2/c1-5(2,9)6(3,4)10-8-7/h8-9H,1-4H3. The largest absolute Gasteiger partial charge is 0.387 e. The second-order valence-electron chi connectivity index (χ2n) is 3.29. The van der Waals surface area contributed by atoms with E-state index in [1.807, 2.05) is 0 Å². The molecule has 0 spiro atoms. The molecule has 4 heteroatoms. The highest BCUT2D eigenvalue weighted by Gasteiger charge is 2.36. The molecule has 0 bridgehead atoms. The lowest BCUT2D eigenvalue weighted by Crippen LogP contribution is -2.49. The van der Waals surface area contributed by atoms with Crippen LogP contribution in [0.2, 0.25) is 0 Å². The first kappa shape index (κ1) is 9.94. The fraction of sp³-hybridized carbons (Fsp3) is 1.00. The number of hydrogen-bond donors (Lipinski definition) is 2. The van der Waals surface area contributed by atoms with Gasteiger partial charge < -0.3 is 9.94 Å². The third-order valence-electron chi connectivity index (χ3n) is 1.79. The highest BCUT2D eigenvalue weighted by Crippen LogP contribution is 2.23. The van der Waals surface area contributed by atoms with Crippen LogP contribution in [-0.4, -0.2) is 24.3 Å². The van der Waals surface area contributed by atoms with Crippen molar-refractivity contribution in [2.75, 3.05) is 0 Å². The lowest BCUT2D eigenvalue weighted by atomic mass is 9.90. The van der Waals surface area contributed by atoms with Crippen LogP contribution in [0.3, 0.4) is 0 Å². The minimum Gasteiger partial charge on any atom is -0.387 e. The lowest BCUT2D eigenvalue weighted by Gasteiger charge is -2.36. The molecule has 0 atom stereocenters. The van der Waals surface area contributed by atoms with Crippen LogP contribution in [0.25, 0.3) is 0 Å².